The largest absolute Gasteiger partial charge is 0.493 e. The summed E-state index contributed by atoms with van der Waals surface area (Å²) in [5.74, 6) is -2.20. The van der Waals surface area contributed by atoms with Crippen LogP contribution in [0.4, 0.5) is 0 Å². The molecule has 4 rings (SSSR count). The van der Waals surface area contributed by atoms with Gasteiger partial charge in [-0.1, -0.05) is 30.2 Å². The molecule has 148 valence electrons. The van der Waals surface area contributed by atoms with Gasteiger partial charge in [-0.25, -0.2) is 0 Å². The minimum Gasteiger partial charge on any atom is -0.493 e. The third-order valence-corrected chi connectivity index (χ3v) is 5.28. The predicted octanol–water partition coefficient (Wildman–Crippen LogP) is 4.36. The van der Waals surface area contributed by atoms with Gasteiger partial charge in [0.1, 0.15) is 0 Å². The number of nitrogens with zero attached hydrogens (tertiary/aromatic N) is 1. The van der Waals surface area contributed by atoms with E-state index in [1.807, 2.05) is 0 Å². The lowest BCUT2D eigenvalue weighted by Gasteiger charge is -2.32. The van der Waals surface area contributed by atoms with Gasteiger partial charge in [-0.2, -0.15) is 0 Å². The van der Waals surface area contributed by atoms with Crippen LogP contribution >= 0.6 is 0 Å². The van der Waals surface area contributed by atoms with E-state index >= 15 is 0 Å². The van der Waals surface area contributed by atoms with Crippen molar-refractivity contribution < 1.29 is 28.0 Å². The number of ketones is 1. The minimum atomic E-state index is -2.32. The van der Waals surface area contributed by atoms with Crippen LogP contribution in [0.5, 0.6) is 11.5 Å². The number of methoxy groups -OCH3 is 2. The molecule has 2 aromatic carbocycles. The van der Waals surface area contributed by atoms with E-state index in [0.717, 1.165) is 0 Å². The Bertz CT molecular complexity index is 1280. The lowest BCUT2D eigenvalue weighted by molar-refractivity contribution is 0.0895. The van der Waals surface area contributed by atoms with Crippen LogP contribution in [0, 0.1) is 11.8 Å². The minimum absolute atomic E-state index is 0.0117. The van der Waals surface area contributed by atoms with Gasteiger partial charge in [-0.05, 0) is 67.9 Å². The van der Waals surface area contributed by atoms with Crippen molar-refractivity contribution in [3.8, 4) is 11.5 Å². The summed E-state index contributed by atoms with van der Waals surface area (Å²) in [6.45, 7) is -1.91. The molecule has 0 amide bonds. The first-order valence-electron chi connectivity index (χ1n) is 14.3. The van der Waals surface area contributed by atoms with Crippen LogP contribution in [0.1, 0.15) is 54.5 Å². The number of carbonyl (C=O) groups excluding carboxylic acids is 1. The van der Waals surface area contributed by atoms with Gasteiger partial charge >= 0.3 is 0 Å². The first-order valence-corrected chi connectivity index (χ1v) is 9.32. The molecule has 1 fully saturated rings. The maximum absolute atomic E-state index is 13.4. The van der Waals surface area contributed by atoms with E-state index in [1.54, 1.807) is 0 Å². The van der Waals surface area contributed by atoms with Crippen molar-refractivity contribution in [2.75, 3.05) is 27.3 Å². The average Bonchev–Trinajstić information content (AvgIpc) is 3.14. The summed E-state index contributed by atoms with van der Waals surface area (Å²) < 4.78 is 93.5. The monoisotopic (exact) mass is 389 g/mol. The average molecular weight is 390 g/mol. The van der Waals surface area contributed by atoms with Crippen molar-refractivity contribution in [3.05, 3.63) is 59.0 Å². The molecule has 0 saturated carbocycles. The first-order chi connectivity index (χ1) is 17.7. The highest BCUT2D eigenvalue weighted by molar-refractivity contribution is 6.02. The molecule has 1 unspecified atom stereocenters. The van der Waals surface area contributed by atoms with Crippen molar-refractivity contribution in [3.63, 3.8) is 0 Å². The number of fused-ring (bicyclic) bond motifs is 1. The normalized spacial score (nSPS) is 28.4. The number of benzene rings is 2. The SMILES string of the molecule is [2H]c1c([2H])c([2H])c(C([2H])([2H])N2CCC(CC3([2H])Cc4c([2H])c(OC)c(OC)c([2H])c4C3=O)CC2)c([2H])c1[2H]. The Morgan fingerprint density at radius 1 is 1.14 bits per heavy atom. The van der Waals surface area contributed by atoms with Gasteiger partial charge in [0.05, 0.1) is 23.8 Å². The molecular formula is C24H29NO3. The van der Waals surface area contributed by atoms with Gasteiger partial charge in [0.15, 0.2) is 17.3 Å². The molecule has 1 atom stereocenters. The van der Waals surface area contributed by atoms with Crippen LogP contribution in [-0.2, 0) is 12.9 Å². The van der Waals surface area contributed by atoms with E-state index in [-0.39, 0.29) is 61.0 Å². The maximum Gasteiger partial charge on any atom is 0.166 e. The second kappa shape index (κ2) is 8.36. The van der Waals surface area contributed by atoms with E-state index in [1.165, 1.54) is 19.1 Å². The number of Topliss-reactive ketones (excluding diaryl/α,β-unsaturated/α-hetero) is 1. The van der Waals surface area contributed by atoms with E-state index in [0.29, 0.717) is 18.4 Å². The van der Waals surface area contributed by atoms with Gasteiger partial charge in [0.25, 0.3) is 0 Å². The Balaban J connectivity index is 1.53. The Hall–Kier alpha value is -2.33. The van der Waals surface area contributed by atoms with Crippen LogP contribution in [0.25, 0.3) is 0 Å². The van der Waals surface area contributed by atoms with Gasteiger partial charge in [-0.3, -0.25) is 9.69 Å². The molecule has 2 aliphatic rings. The molecule has 28 heavy (non-hydrogen) atoms. The van der Waals surface area contributed by atoms with E-state index in [4.69, 9.17) is 23.2 Å². The van der Waals surface area contributed by atoms with Crippen LogP contribution in [0.15, 0.2) is 42.3 Å². The lowest BCUT2D eigenvalue weighted by atomic mass is 9.85. The summed E-state index contributed by atoms with van der Waals surface area (Å²) in [6, 6.07) is -3.19. The number of likely N-dealkylation sites (tertiary alicyclic amines) is 1. The van der Waals surface area contributed by atoms with E-state index < -0.39 is 53.9 Å². The summed E-state index contributed by atoms with van der Waals surface area (Å²) in [5.41, 5.74) is -0.102. The second-order valence-corrected chi connectivity index (χ2v) is 7.03. The zero-order valence-corrected chi connectivity index (χ0v) is 16.0. The van der Waals surface area contributed by atoms with Crippen molar-refractivity contribution in [2.45, 2.75) is 32.2 Å². The Labute approximate surface area is 181 Å². The van der Waals surface area contributed by atoms with Crippen molar-refractivity contribution in [2.24, 2.45) is 11.8 Å². The first kappa shape index (κ1) is 10.4. The molecule has 4 heteroatoms. The van der Waals surface area contributed by atoms with Crippen molar-refractivity contribution >= 4 is 5.78 Å². The fourth-order valence-electron chi connectivity index (χ4n) is 3.81. The molecule has 1 saturated heterocycles. The maximum atomic E-state index is 13.4. The zero-order chi connectivity index (χ0) is 28.3. The number of hydrogen-bond donors (Lipinski definition) is 0. The standard InChI is InChI=1S/C24H29NO3/c1-27-22-14-19-13-20(24(26)21(19)15-23(22)28-2)12-17-8-10-25(11-9-17)16-18-6-4-3-5-7-18/h3-7,14-15,17,20H,8-13,16H2,1-2H3/i3D,4D,5D,6D,7D,14D,15D,16D2,20D. The van der Waals surface area contributed by atoms with Gasteiger partial charge < -0.3 is 9.47 Å². The Morgan fingerprint density at radius 2 is 1.82 bits per heavy atom. The zero-order valence-electron chi connectivity index (χ0n) is 26.0. The van der Waals surface area contributed by atoms with E-state index in [9.17, 15) is 4.79 Å². The summed E-state index contributed by atoms with van der Waals surface area (Å²) in [4.78, 5) is 14.8. The quantitative estimate of drug-likeness (QED) is 0.736. The molecule has 0 N–H and O–H groups in total. The topological polar surface area (TPSA) is 38.8 Å². The molecule has 0 radical (unpaired) electrons. The van der Waals surface area contributed by atoms with Crippen LogP contribution in [-0.4, -0.2) is 38.0 Å². The third kappa shape index (κ3) is 3.93. The molecule has 1 aliphatic heterocycles. The molecule has 0 aromatic heterocycles. The van der Waals surface area contributed by atoms with Crippen LogP contribution in [0.2, 0.25) is 0 Å². The smallest absolute Gasteiger partial charge is 0.166 e. The summed E-state index contributed by atoms with van der Waals surface area (Å²) in [7, 11) is 2.68. The highest BCUT2D eigenvalue weighted by Crippen LogP contribution is 2.39. The molecule has 2 aromatic rings. The fraction of sp³-hybridized carbons (Fsp3) is 0.458. The highest BCUT2D eigenvalue weighted by Gasteiger charge is 2.34. The summed E-state index contributed by atoms with van der Waals surface area (Å²) >= 11 is 0. The van der Waals surface area contributed by atoms with Crippen LogP contribution in [0.3, 0.4) is 0 Å². The molecule has 0 bridgehead atoms. The molecule has 0 spiro atoms. The third-order valence-electron chi connectivity index (χ3n) is 5.28. The predicted molar refractivity (Wildman–Crippen MR) is 110 cm³/mol. The molecular weight excluding hydrogens is 350 g/mol. The van der Waals surface area contributed by atoms with Crippen molar-refractivity contribution in [1.82, 2.24) is 4.90 Å². The van der Waals surface area contributed by atoms with Gasteiger partial charge in [0.2, 0.25) is 0 Å². The van der Waals surface area contributed by atoms with Gasteiger partial charge in [0, 0.05) is 22.1 Å². The molecule has 1 heterocycles. The lowest BCUT2D eigenvalue weighted by Crippen LogP contribution is -2.34. The number of rotatable bonds is 6. The number of piperidine rings is 1. The Morgan fingerprint density at radius 3 is 2.50 bits per heavy atom. The molecule has 1 aliphatic carbocycles. The number of ether oxygens (including phenoxy) is 2. The number of hydrogen-bond acceptors (Lipinski definition) is 4. The van der Waals surface area contributed by atoms with E-state index in [2.05, 4.69) is 0 Å². The molecule has 4 nitrogen and oxygen atoms in total. The highest BCUT2D eigenvalue weighted by atomic mass is 16.5. The Kier molecular flexibility index (Phi) is 3.12. The van der Waals surface area contributed by atoms with Crippen molar-refractivity contribution in [1.29, 1.82) is 0 Å². The second-order valence-electron chi connectivity index (χ2n) is 7.03. The summed E-state index contributed by atoms with van der Waals surface area (Å²) in [6.07, 6.45) is 0.984. The fourth-order valence-corrected chi connectivity index (χ4v) is 3.81. The summed E-state index contributed by atoms with van der Waals surface area (Å²) in [5, 5.41) is 0. The van der Waals surface area contributed by atoms with Gasteiger partial charge in [-0.15, -0.1) is 0 Å². The van der Waals surface area contributed by atoms with Crippen LogP contribution < -0.4 is 9.47 Å². The number of carbonyl (C=O) groups is 1.